The SMILES string of the molecule is CC(N)C(Sc1ncnc2ccccc12)c1cc(Br)cs1. The monoisotopic (exact) mass is 379 g/mol. The lowest BCUT2D eigenvalue weighted by Gasteiger charge is -2.19. The standard InChI is InChI=1S/C15H14BrN3S2/c1-9(17)14(13-6-10(16)7-20-13)21-15-11-4-2-3-5-12(11)18-8-19-15/h2-9,14H,17H2,1H3. The van der Waals surface area contributed by atoms with E-state index in [2.05, 4.69) is 43.4 Å². The van der Waals surface area contributed by atoms with Crippen molar-refractivity contribution < 1.29 is 0 Å². The third-order valence-corrected chi connectivity index (χ3v) is 6.50. The molecular formula is C15H14BrN3S2. The van der Waals surface area contributed by atoms with Crippen LogP contribution in [-0.2, 0) is 0 Å². The Labute approximate surface area is 140 Å². The van der Waals surface area contributed by atoms with Crippen molar-refractivity contribution in [3.05, 3.63) is 51.4 Å². The van der Waals surface area contributed by atoms with E-state index in [4.69, 9.17) is 5.73 Å². The molecule has 21 heavy (non-hydrogen) atoms. The van der Waals surface area contributed by atoms with Gasteiger partial charge in [0.1, 0.15) is 11.4 Å². The Morgan fingerprint density at radius 3 is 2.81 bits per heavy atom. The Balaban J connectivity index is 1.99. The van der Waals surface area contributed by atoms with Crippen LogP contribution >= 0.6 is 39.0 Å². The first kappa shape index (κ1) is 15.0. The predicted molar refractivity (Wildman–Crippen MR) is 93.8 cm³/mol. The molecule has 0 amide bonds. The molecule has 0 radical (unpaired) electrons. The van der Waals surface area contributed by atoms with Gasteiger partial charge in [0, 0.05) is 26.2 Å². The van der Waals surface area contributed by atoms with Crippen molar-refractivity contribution >= 4 is 49.9 Å². The van der Waals surface area contributed by atoms with Crippen LogP contribution in [0.4, 0.5) is 0 Å². The largest absolute Gasteiger partial charge is 0.327 e. The average Bonchev–Trinajstić information content (AvgIpc) is 2.90. The van der Waals surface area contributed by atoms with Crippen molar-refractivity contribution in [2.75, 3.05) is 0 Å². The summed E-state index contributed by atoms with van der Waals surface area (Å²) in [6.07, 6.45) is 1.62. The quantitative estimate of drug-likeness (QED) is 0.530. The molecule has 0 bridgehead atoms. The third kappa shape index (κ3) is 3.29. The maximum atomic E-state index is 6.20. The summed E-state index contributed by atoms with van der Waals surface area (Å²) in [6.45, 7) is 2.04. The molecular weight excluding hydrogens is 366 g/mol. The number of aromatic nitrogens is 2. The first-order valence-electron chi connectivity index (χ1n) is 6.51. The van der Waals surface area contributed by atoms with Gasteiger partial charge in [-0.05, 0) is 35.0 Å². The Morgan fingerprint density at radius 2 is 2.10 bits per heavy atom. The summed E-state index contributed by atoms with van der Waals surface area (Å²) in [5, 5.41) is 4.32. The summed E-state index contributed by atoms with van der Waals surface area (Å²) in [5.74, 6) is 0. The Hall–Kier alpha value is -0.950. The Morgan fingerprint density at radius 1 is 1.29 bits per heavy atom. The zero-order chi connectivity index (χ0) is 14.8. The van der Waals surface area contributed by atoms with Crippen molar-refractivity contribution in [2.24, 2.45) is 5.73 Å². The number of rotatable bonds is 4. The number of thiophene rings is 1. The average molecular weight is 380 g/mol. The van der Waals surface area contributed by atoms with Crippen LogP contribution in [0, 0.1) is 0 Å². The number of fused-ring (bicyclic) bond motifs is 1. The lowest BCUT2D eigenvalue weighted by Crippen LogP contribution is -2.22. The highest BCUT2D eigenvalue weighted by atomic mass is 79.9. The number of hydrogen-bond acceptors (Lipinski definition) is 5. The van der Waals surface area contributed by atoms with E-state index in [0.717, 1.165) is 20.4 Å². The predicted octanol–water partition coefficient (Wildman–Crippen LogP) is 4.63. The smallest absolute Gasteiger partial charge is 0.117 e. The molecule has 3 nitrogen and oxygen atoms in total. The van der Waals surface area contributed by atoms with Gasteiger partial charge in [0.25, 0.3) is 0 Å². The van der Waals surface area contributed by atoms with Gasteiger partial charge in [-0.2, -0.15) is 0 Å². The van der Waals surface area contributed by atoms with E-state index in [0.29, 0.717) is 0 Å². The van der Waals surface area contributed by atoms with Crippen LogP contribution in [-0.4, -0.2) is 16.0 Å². The molecule has 0 spiro atoms. The summed E-state index contributed by atoms with van der Waals surface area (Å²) in [6, 6.07) is 10.2. The molecule has 3 rings (SSSR count). The van der Waals surface area contributed by atoms with E-state index in [9.17, 15) is 0 Å². The molecule has 0 aliphatic carbocycles. The van der Waals surface area contributed by atoms with Crippen molar-refractivity contribution in [3.63, 3.8) is 0 Å². The zero-order valence-electron chi connectivity index (χ0n) is 11.4. The fourth-order valence-corrected chi connectivity index (χ4v) is 4.99. The summed E-state index contributed by atoms with van der Waals surface area (Å²) >= 11 is 6.94. The molecule has 108 valence electrons. The van der Waals surface area contributed by atoms with E-state index in [1.54, 1.807) is 29.4 Å². The Bertz CT molecular complexity index is 752. The van der Waals surface area contributed by atoms with Crippen LogP contribution < -0.4 is 5.73 Å². The van der Waals surface area contributed by atoms with Crippen molar-refractivity contribution in [1.29, 1.82) is 0 Å². The third-order valence-electron chi connectivity index (χ3n) is 3.09. The van der Waals surface area contributed by atoms with E-state index in [1.165, 1.54) is 4.88 Å². The van der Waals surface area contributed by atoms with Crippen LogP contribution in [0.1, 0.15) is 17.1 Å². The molecule has 3 aromatic rings. The van der Waals surface area contributed by atoms with Gasteiger partial charge in [0.05, 0.1) is 10.8 Å². The van der Waals surface area contributed by atoms with Crippen molar-refractivity contribution in [1.82, 2.24) is 9.97 Å². The molecule has 2 unspecified atom stereocenters. The molecule has 0 saturated carbocycles. The highest BCUT2D eigenvalue weighted by molar-refractivity contribution is 9.10. The molecule has 2 heterocycles. The molecule has 0 aliphatic heterocycles. The fourth-order valence-electron chi connectivity index (χ4n) is 2.10. The van der Waals surface area contributed by atoms with Gasteiger partial charge in [-0.25, -0.2) is 9.97 Å². The second-order valence-electron chi connectivity index (χ2n) is 4.76. The molecule has 2 atom stereocenters. The van der Waals surface area contributed by atoms with E-state index >= 15 is 0 Å². The second kappa shape index (κ2) is 6.44. The summed E-state index contributed by atoms with van der Waals surface area (Å²) in [5.41, 5.74) is 7.16. The van der Waals surface area contributed by atoms with Gasteiger partial charge in [0.15, 0.2) is 0 Å². The van der Waals surface area contributed by atoms with Crippen LogP contribution in [0.5, 0.6) is 0 Å². The normalized spacial score (nSPS) is 14.2. The van der Waals surface area contributed by atoms with Crippen LogP contribution in [0.15, 0.2) is 51.5 Å². The van der Waals surface area contributed by atoms with Crippen molar-refractivity contribution in [2.45, 2.75) is 23.2 Å². The fraction of sp³-hybridized carbons (Fsp3) is 0.200. The van der Waals surface area contributed by atoms with Gasteiger partial charge in [0.2, 0.25) is 0 Å². The first-order chi connectivity index (χ1) is 10.1. The van der Waals surface area contributed by atoms with Gasteiger partial charge in [-0.3, -0.25) is 0 Å². The van der Waals surface area contributed by atoms with Crippen molar-refractivity contribution in [3.8, 4) is 0 Å². The van der Waals surface area contributed by atoms with Gasteiger partial charge in [-0.1, -0.05) is 30.0 Å². The number of thioether (sulfide) groups is 1. The molecule has 6 heteroatoms. The molecule has 0 aliphatic rings. The summed E-state index contributed by atoms with van der Waals surface area (Å²) < 4.78 is 1.10. The maximum absolute atomic E-state index is 6.20. The molecule has 0 fully saturated rings. The highest BCUT2D eigenvalue weighted by Crippen LogP contribution is 2.41. The molecule has 2 aromatic heterocycles. The van der Waals surface area contributed by atoms with Crippen LogP contribution in [0.3, 0.4) is 0 Å². The van der Waals surface area contributed by atoms with Gasteiger partial charge >= 0.3 is 0 Å². The topological polar surface area (TPSA) is 51.8 Å². The van der Waals surface area contributed by atoms with Gasteiger partial charge in [-0.15, -0.1) is 11.3 Å². The summed E-state index contributed by atoms with van der Waals surface area (Å²) in [4.78, 5) is 10.0. The number of nitrogens with zero attached hydrogens (tertiary/aromatic N) is 2. The minimum absolute atomic E-state index is 0.0364. The van der Waals surface area contributed by atoms with Gasteiger partial charge < -0.3 is 5.73 Å². The lowest BCUT2D eigenvalue weighted by molar-refractivity contribution is 0.729. The highest BCUT2D eigenvalue weighted by Gasteiger charge is 2.21. The molecule has 2 N–H and O–H groups in total. The molecule has 1 aromatic carbocycles. The molecule has 0 saturated heterocycles. The number of halogens is 1. The maximum Gasteiger partial charge on any atom is 0.117 e. The number of benzene rings is 1. The van der Waals surface area contributed by atoms with E-state index in [1.807, 2.05) is 25.1 Å². The number of nitrogens with two attached hydrogens (primary N) is 1. The van der Waals surface area contributed by atoms with E-state index in [-0.39, 0.29) is 11.3 Å². The lowest BCUT2D eigenvalue weighted by atomic mass is 10.2. The number of hydrogen-bond donors (Lipinski definition) is 1. The number of para-hydroxylation sites is 1. The Kier molecular flexibility index (Phi) is 4.59. The minimum atomic E-state index is 0.0364. The first-order valence-corrected chi connectivity index (χ1v) is 9.06. The van der Waals surface area contributed by atoms with E-state index < -0.39 is 0 Å². The van der Waals surface area contributed by atoms with Crippen LogP contribution in [0.2, 0.25) is 0 Å². The minimum Gasteiger partial charge on any atom is -0.327 e. The summed E-state index contributed by atoms with van der Waals surface area (Å²) in [7, 11) is 0. The van der Waals surface area contributed by atoms with Crippen LogP contribution in [0.25, 0.3) is 10.9 Å². The second-order valence-corrected chi connectivity index (χ2v) is 7.75. The zero-order valence-corrected chi connectivity index (χ0v) is 14.6.